The van der Waals surface area contributed by atoms with E-state index in [1.807, 2.05) is 0 Å². The number of rotatable bonds is 1. The molecule has 0 unspecified atom stereocenters. The van der Waals surface area contributed by atoms with Gasteiger partial charge < -0.3 is 0 Å². The summed E-state index contributed by atoms with van der Waals surface area (Å²) in [5.74, 6) is -2.06. The highest BCUT2D eigenvalue weighted by Gasteiger charge is 2.47. The van der Waals surface area contributed by atoms with E-state index in [0.717, 1.165) is 0 Å². The fraction of sp³-hybridized carbons (Fsp3) is 0.500. The topological polar surface area (TPSA) is 15.6 Å². The zero-order valence-electron chi connectivity index (χ0n) is 6.95. The minimum Gasteiger partial charge on any atom is -0.267 e. The van der Waals surface area contributed by atoms with Gasteiger partial charge in [0.25, 0.3) is 0 Å². The zero-order valence-corrected chi connectivity index (χ0v) is 6.95. The fourth-order valence-electron chi connectivity index (χ4n) is 0.557. The molecule has 0 spiro atoms. The number of hydrogen-bond donors (Lipinski definition) is 0. The molecule has 8 heteroatoms. The van der Waals surface area contributed by atoms with Gasteiger partial charge in [-0.25, -0.2) is 4.99 Å². The molecule has 0 aliphatic carbocycles. The summed E-state index contributed by atoms with van der Waals surface area (Å²) < 4.78 is 71.5. The van der Waals surface area contributed by atoms with Crippen LogP contribution in [0.15, 0.2) is 17.8 Å². The molecule has 0 aliphatic rings. The zero-order chi connectivity index (χ0) is 11.6. The highest BCUT2D eigenvalue weighted by Crippen LogP contribution is 2.27. The van der Waals surface area contributed by atoms with Crippen molar-refractivity contribution in [3.63, 3.8) is 0 Å². The molecule has 0 heterocycles. The SMILES string of the molecule is C=C/N=C(\N(C)C(F)(F)F)C(F)(F)F. The Hall–Kier alpha value is -1.21. The third-order valence-electron chi connectivity index (χ3n) is 1.17. The van der Waals surface area contributed by atoms with Crippen molar-refractivity contribution < 1.29 is 26.3 Å². The van der Waals surface area contributed by atoms with Crippen LogP contribution in [0.5, 0.6) is 0 Å². The lowest BCUT2D eigenvalue weighted by Crippen LogP contribution is -2.46. The summed E-state index contributed by atoms with van der Waals surface area (Å²) in [5, 5.41) is 0. The molecule has 0 rings (SSSR count). The van der Waals surface area contributed by atoms with Crippen molar-refractivity contribution in [3.8, 4) is 0 Å². The first kappa shape index (κ1) is 12.8. The maximum Gasteiger partial charge on any atom is 0.485 e. The van der Waals surface area contributed by atoms with Gasteiger partial charge in [-0.05, 0) is 0 Å². The summed E-state index contributed by atoms with van der Waals surface area (Å²) in [6.07, 6.45) is -9.90. The number of hydrogen-bond acceptors (Lipinski definition) is 1. The van der Waals surface area contributed by atoms with Gasteiger partial charge in [-0.3, -0.25) is 4.90 Å². The van der Waals surface area contributed by atoms with E-state index in [9.17, 15) is 26.3 Å². The summed E-state index contributed by atoms with van der Waals surface area (Å²) in [6.45, 7) is 2.80. The van der Waals surface area contributed by atoms with Crippen LogP contribution in [0.25, 0.3) is 0 Å². The van der Waals surface area contributed by atoms with Gasteiger partial charge in [-0.1, -0.05) is 6.58 Å². The van der Waals surface area contributed by atoms with E-state index >= 15 is 0 Å². The van der Waals surface area contributed by atoms with Gasteiger partial charge in [-0.15, -0.1) is 0 Å². The Kier molecular flexibility index (Phi) is 3.55. The highest BCUT2D eigenvalue weighted by atomic mass is 19.4. The van der Waals surface area contributed by atoms with Crippen LogP contribution in [0, 0.1) is 0 Å². The molecule has 0 aromatic rings. The van der Waals surface area contributed by atoms with Gasteiger partial charge in [-0.2, -0.15) is 26.3 Å². The van der Waals surface area contributed by atoms with Gasteiger partial charge in [0.1, 0.15) is 0 Å². The summed E-state index contributed by atoms with van der Waals surface area (Å²) in [4.78, 5) is 1.60. The summed E-state index contributed by atoms with van der Waals surface area (Å²) in [5.41, 5.74) is 0. The van der Waals surface area contributed by atoms with Crippen molar-refractivity contribution >= 4 is 5.84 Å². The molecule has 0 bridgehead atoms. The predicted molar refractivity (Wildman–Crippen MR) is 37.5 cm³/mol. The Morgan fingerprint density at radius 2 is 1.64 bits per heavy atom. The highest BCUT2D eigenvalue weighted by molar-refractivity contribution is 5.88. The number of aliphatic imine (C=N–C) groups is 1. The smallest absolute Gasteiger partial charge is 0.267 e. The Balaban J connectivity index is 5.06. The maximum atomic E-state index is 12.0. The van der Waals surface area contributed by atoms with Crippen molar-refractivity contribution in [2.75, 3.05) is 7.05 Å². The monoisotopic (exact) mass is 220 g/mol. The van der Waals surface area contributed by atoms with E-state index in [2.05, 4.69) is 11.6 Å². The van der Waals surface area contributed by atoms with Crippen LogP contribution in [-0.2, 0) is 0 Å². The van der Waals surface area contributed by atoms with Gasteiger partial charge in [0, 0.05) is 13.2 Å². The molecule has 2 nitrogen and oxygen atoms in total. The largest absolute Gasteiger partial charge is 0.485 e. The lowest BCUT2D eigenvalue weighted by molar-refractivity contribution is -0.219. The molecular weight excluding hydrogens is 214 g/mol. The van der Waals surface area contributed by atoms with E-state index < -0.39 is 23.2 Å². The molecule has 0 amide bonds. The molecule has 0 N–H and O–H groups in total. The maximum absolute atomic E-state index is 12.0. The van der Waals surface area contributed by atoms with Crippen LogP contribution < -0.4 is 0 Å². The van der Waals surface area contributed by atoms with Crippen molar-refractivity contribution in [1.29, 1.82) is 0 Å². The van der Waals surface area contributed by atoms with Gasteiger partial charge in [0.05, 0.1) is 0 Å². The molecule has 14 heavy (non-hydrogen) atoms. The fourth-order valence-corrected chi connectivity index (χ4v) is 0.557. The van der Waals surface area contributed by atoms with Crippen LogP contribution in [0.1, 0.15) is 0 Å². The molecule has 0 fully saturated rings. The van der Waals surface area contributed by atoms with Crippen molar-refractivity contribution in [2.45, 2.75) is 12.5 Å². The second-order valence-corrected chi connectivity index (χ2v) is 2.16. The molecule has 0 radical (unpaired) electrons. The molecule has 0 aromatic carbocycles. The summed E-state index contributed by atoms with van der Waals surface area (Å²) >= 11 is 0. The van der Waals surface area contributed by atoms with Crippen LogP contribution in [0.2, 0.25) is 0 Å². The van der Waals surface area contributed by atoms with Gasteiger partial charge >= 0.3 is 12.5 Å². The minimum atomic E-state index is -5.17. The lowest BCUT2D eigenvalue weighted by atomic mass is 10.5. The number of halogens is 6. The second-order valence-electron chi connectivity index (χ2n) is 2.16. The Morgan fingerprint density at radius 1 is 1.21 bits per heavy atom. The first-order valence-corrected chi connectivity index (χ1v) is 3.17. The number of nitrogens with zero attached hydrogens (tertiary/aromatic N) is 2. The average molecular weight is 220 g/mol. The van der Waals surface area contributed by atoms with E-state index in [1.54, 1.807) is 0 Å². The van der Waals surface area contributed by atoms with E-state index in [4.69, 9.17) is 0 Å². The first-order valence-electron chi connectivity index (χ1n) is 3.17. The van der Waals surface area contributed by atoms with Crippen LogP contribution in [0.4, 0.5) is 26.3 Å². The summed E-state index contributed by atoms with van der Waals surface area (Å²) in [7, 11) is 0.232. The van der Waals surface area contributed by atoms with Crippen LogP contribution in [-0.4, -0.2) is 30.3 Å². The lowest BCUT2D eigenvalue weighted by Gasteiger charge is -2.24. The third kappa shape index (κ3) is 3.27. The van der Waals surface area contributed by atoms with E-state index in [-0.39, 0.29) is 7.05 Å². The quantitative estimate of drug-likeness (QED) is 0.287. The van der Waals surface area contributed by atoms with Crippen molar-refractivity contribution in [2.24, 2.45) is 4.99 Å². The molecule has 82 valence electrons. The molecule has 0 saturated heterocycles. The molecule has 0 aliphatic heterocycles. The predicted octanol–water partition coefficient (Wildman–Crippen LogP) is 2.54. The standard InChI is InChI=1S/C6H6F6N2/c1-3-13-4(5(7,8)9)14(2)6(10,11)12/h3H,1H2,2H3/b13-4-. The number of amidine groups is 1. The Bertz CT molecular complexity index is 238. The van der Waals surface area contributed by atoms with Crippen molar-refractivity contribution in [3.05, 3.63) is 12.8 Å². The Labute approximate surface area is 75.5 Å². The van der Waals surface area contributed by atoms with Crippen LogP contribution in [0.3, 0.4) is 0 Å². The van der Waals surface area contributed by atoms with Gasteiger partial charge in [0.2, 0.25) is 5.84 Å². The van der Waals surface area contributed by atoms with Crippen LogP contribution >= 0.6 is 0 Å². The number of alkyl halides is 6. The summed E-state index contributed by atoms with van der Waals surface area (Å²) in [6, 6.07) is 0. The molecule has 0 saturated carbocycles. The van der Waals surface area contributed by atoms with E-state index in [1.165, 1.54) is 0 Å². The average Bonchev–Trinajstić information content (AvgIpc) is 1.94. The second kappa shape index (κ2) is 3.89. The van der Waals surface area contributed by atoms with Crippen molar-refractivity contribution in [1.82, 2.24) is 4.90 Å². The molecule has 0 atom stereocenters. The minimum absolute atomic E-state index is 0.232. The Morgan fingerprint density at radius 3 is 1.86 bits per heavy atom. The molecule has 0 aromatic heterocycles. The first-order chi connectivity index (χ1) is 6.10. The molecular formula is C6H6F6N2. The normalized spacial score (nSPS) is 14.1. The third-order valence-corrected chi connectivity index (χ3v) is 1.17. The van der Waals surface area contributed by atoms with Gasteiger partial charge in [0.15, 0.2) is 0 Å². The van der Waals surface area contributed by atoms with E-state index in [0.29, 0.717) is 6.20 Å².